The monoisotopic (exact) mass is 350 g/mol. The lowest BCUT2D eigenvalue weighted by Gasteiger charge is -2.08. The van der Waals surface area contributed by atoms with Crippen molar-refractivity contribution >= 4 is 17.0 Å². The first kappa shape index (κ1) is 15.7. The summed E-state index contributed by atoms with van der Waals surface area (Å²) in [5, 5.41) is 2.11. The molecule has 0 aliphatic rings. The molecule has 0 saturated carbocycles. The highest BCUT2D eigenvalue weighted by molar-refractivity contribution is 7.07. The molecule has 0 aliphatic heterocycles. The lowest BCUT2D eigenvalue weighted by atomic mass is 10.3. The molecule has 126 valence electrons. The molecule has 25 heavy (non-hydrogen) atoms. The average molecular weight is 350 g/mol. The minimum atomic E-state index is 0.864. The highest BCUT2D eigenvalue weighted by Crippen LogP contribution is 2.21. The molecule has 5 nitrogen and oxygen atoms in total. The second-order valence-electron chi connectivity index (χ2n) is 5.63. The molecule has 0 radical (unpaired) electrons. The van der Waals surface area contributed by atoms with Gasteiger partial charge in [-0.05, 0) is 30.7 Å². The Labute approximate surface area is 149 Å². The number of rotatable bonds is 6. The number of nitrogens with zero attached hydrogens (tertiary/aromatic N) is 4. The fraction of sp³-hybridized carbons (Fsp3) is 0.158. The van der Waals surface area contributed by atoms with Crippen molar-refractivity contribution in [2.45, 2.75) is 19.5 Å². The Morgan fingerprint density at radius 2 is 2.00 bits per heavy atom. The van der Waals surface area contributed by atoms with Gasteiger partial charge in [0.2, 0.25) is 0 Å². The molecule has 0 spiro atoms. The maximum absolute atomic E-state index is 5.60. The van der Waals surface area contributed by atoms with Crippen LogP contribution in [0.4, 0.5) is 5.69 Å². The van der Waals surface area contributed by atoms with Crippen molar-refractivity contribution in [2.24, 2.45) is 4.99 Å². The van der Waals surface area contributed by atoms with Crippen LogP contribution in [0.5, 0.6) is 0 Å². The Hall–Kier alpha value is -2.86. The quantitative estimate of drug-likeness (QED) is 0.520. The summed E-state index contributed by atoms with van der Waals surface area (Å²) in [7, 11) is 0. The maximum Gasteiger partial charge on any atom is 0.190 e. The summed E-state index contributed by atoms with van der Waals surface area (Å²) in [4.78, 5) is 9.88. The summed E-state index contributed by atoms with van der Waals surface area (Å²) in [5.41, 5.74) is 2.02. The van der Waals surface area contributed by atoms with Gasteiger partial charge >= 0.3 is 0 Å². The lowest BCUT2D eigenvalue weighted by Crippen LogP contribution is -2.17. The Bertz CT molecular complexity index is 966. The molecule has 0 fully saturated rings. The van der Waals surface area contributed by atoms with Gasteiger partial charge in [-0.1, -0.05) is 18.2 Å². The largest absolute Gasteiger partial charge is 0.463 e. The van der Waals surface area contributed by atoms with Crippen LogP contribution >= 0.6 is 11.3 Å². The first-order chi connectivity index (χ1) is 12.4. The number of thiazole rings is 1. The van der Waals surface area contributed by atoms with E-state index >= 15 is 0 Å². The Morgan fingerprint density at radius 3 is 2.76 bits per heavy atom. The summed E-state index contributed by atoms with van der Waals surface area (Å²) in [5.74, 6) is 0.869. The third-order valence-corrected chi connectivity index (χ3v) is 4.77. The Balaban J connectivity index is 1.65. The molecule has 6 heteroatoms. The van der Waals surface area contributed by atoms with E-state index in [2.05, 4.69) is 19.5 Å². The number of para-hydroxylation sites is 1. The van der Waals surface area contributed by atoms with Gasteiger partial charge in [0.15, 0.2) is 10.6 Å². The van der Waals surface area contributed by atoms with Gasteiger partial charge in [0.25, 0.3) is 0 Å². The highest BCUT2D eigenvalue weighted by Gasteiger charge is 2.10. The number of hydrogen-bond acceptors (Lipinski definition) is 4. The molecule has 4 rings (SSSR count). The van der Waals surface area contributed by atoms with Gasteiger partial charge in [-0.2, -0.15) is 0 Å². The zero-order valence-corrected chi connectivity index (χ0v) is 14.5. The number of furan rings is 1. The molecule has 0 atom stereocenters. The van der Waals surface area contributed by atoms with E-state index < -0.39 is 0 Å². The molecule has 0 bridgehead atoms. The van der Waals surface area contributed by atoms with Gasteiger partial charge in [0.05, 0.1) is 24.0 Å². The van der Waals surface area contributed by atoms with Crippen LogP contribution in [0.3, 0.4) is 0 Å². The fourth-order valence-electron chi connectivity index (χ4n) is 2.70. The SMILES string of the molecule is c1ccc(N=c2scc(-c3ccco3)n2CCCn2ccnc2)cc1. The van der Waals surface area contributed by atoms with Crippen molar-refractivity contribution in [3.05, 3.63) is 77.6 Å². The fourth-order valence-corrected chi connectivity index (χ4v) is 3.64. The normalized spacial score (nSPS) is 11.9. The summed E-state index contributed by atoms with van der Waals surface area (Å²) >= 11 is 1.63. The Morgan fingerprint density at radius 1 is 1.08 bits per heavy atom. The topological polar surface area (TPSA) is 48.2 Å². The van der Waals surface area contributed by atoms with Gasteiger partial charge < -0.3 is 13.6 Å². The summed E-state index contributed by atoms with van der Waals surface area (Å²) in [6.07, 6.45) is 8.34. The average Bonchev–Trinajstić information content (AvgIpc) is 3.38. The first-order valence-electron chi connectivity index (χ1n) is 8.18. The third kappa shape index (κ3) is 3.64. The standard InChI is InChI=1S/C19H18N4OS/c1-2-6-16(7-3-1)21-19-23(11-5-10-22-12-9-20-15-22)17(14-25-19)18-8-4-13-24-18/h1-4,6-9,12-15H,5,10-11H2. The smallest absolute Gasteiger partial charge is 0.190 e. The van der Waals surface area contributed by atoms with E-state index in [1.54, 1.807) is 17.6 Å². The molecule has 0 aliphatic carbocycles. The Kier molecular flexibility index (Phi) is 4.61. The molecule has 4 aromatic rings. The van der Waals surface area contributed by atoms with Crippen LogP contribution in [0.2, 0.25) is 0 Å². The van der Waals surface area contributed by atoms with E-state index in [1.165, 1.54) is 0 Å². The van der Waals surface area contributed by atoms with Crippen LogP contribution in [-0.2, 0) is 13.1 Å². The van der Waals surface area contributed by atoms with Crippen LogP contribution in [0.1, 0.15) is 6.42 Å². The number of hydrogen-bond donors (Lipinski definition) is 0. The summed E-state index contributed by atoms with van der Waals surface area (Å²) in [6.45, 7) is 1.79. The summed E-state index contributed by atoms with van der Waals surface area (Å²) in [6, 6.07) is 13.9. The van der Waals surface area contributed by atoms with Crippen molar-refractivity contribution in [3.63, 3.8) is 0 Å². The van der Waals surface area contributed by atoms with E-state index in [0.29, 0.717) is 0 Å². The van der Waals surface area contributed by atoms with E-state index in [-0.39, 0.29) is 0 Å². The van der Waals surface area contributed by atoms with Crippen LogP contribution in [0, 0.1) is 0 Å². The number of aromatic nitrogens is 3. The van der Waals surface area contributed by atoms with Gasteiger partial charge in [-0.15, -0.1) is 11.3 Å². The summed E-state index contributed by atoms with van der Waals surface area (Å²) < 4.78 is 9.93. The van der Waals surface area contributed by atoms with Crippen molar-refractivity contribution < 1.29 is 4.42 Å². The van der Waals surface area contributed by atoms with Gasteiger partial charge in [0.1, 0.15) is 0 Å². The minimum absolute atomic E-state index is 0.864. The van der Waals surface area contributed by atoms with E-state index in [9.17, 15) is 0 Å². The predicted molar refractivity (Wildman–Crippen MR) is 98.5 cm³/mol. The molecular weight excluding hydrogens is 332 g/mol. The van der Waals surface area contributed by atoms with E-state index in [1.807, 2.05) is 61.2 Å². The van der Waals surface area contributed by atoms with Gasteiger partial charge in [0, 0.05) is 30.9 Å². The van der Waals surface area contributed by atoms with Crippen LogP contribution < -0.4 is 4.80 Å². The number of imidazole rings is 1. The second-order valence-corrected chi connectivity index (χ2v) is 6.47. The molecule has 1 aromatic carbocycles. The van der Waals surface area contributed by atoms with Crippen molar-refractivity contribution in [1.29, 1.82) is 0 Å². The predicted octanol–water partition coefficient (Wildman–Crippen LogP) is 4.33. The molecular formula is C19H18N4OS. The van der Waals surface area contributed by atoms with Crippen LogP contribution in [0.25, 0.3) is 11.5 Å². The molecule has 0 saturated heterocycles. The number of benzene rings is 1. The second kappa shape index (κ2) is 7.36. The number of aryl methyl sites for hydroxylation is 1. The maximum atomic E-state index is 5.60. The molecule has 3 aromatic heterocycles. The van der Waals surface area contributed by atoms with Crippen molar-refractivity contribution in [3.8, 4) is 11.5 Å². The van der Waals surface area contributed by atoms with E-state index in [0.717, 1.165) is 41.5 Å². The highest BCUT2D eigenvalue weighted by atomic mass is 32.1. The van der Waals surface area contributed by atoms with Crippen molar-refractivity contribution in [2.75, 3.05) is 0 Å². The van der Waals surface area contributed by atoms with E-state index in [4.69, 9.17) is 9.41 Å². The minimum Gasteiger partial charge on any atom is -0.463 e. The molecule has 0 amide bonds. The molecule has 0 unspecified atom stereocenters. The van der Waals surface area contributed by atoms with Crippen LogP contribution in [0.15, 0.2) is 82.2 Å². The third-order valence-electron chi connectivity index (χ3n) is 3.91. The first-order valence-corrected chi connectivity index (χ1v) is 9.06. The van der Waals surface area contributed by atoms with Crippen molar-refractivity contribution in [1.82, 2.24) is 14.1 Å². The zero-order chi connectivity index (χ0) is 16.9. The zero-order valence-electron chi connectivity index (χ0n) is 13.7. The molecule has 3 heterocycles. The van der Waals surface area contributed by atoms with Gasteiger partial charge in [-0.3, -0.25) is 0 Å². The lowest BCUT2D eigenvalue weighted by molar-refractivity contribution is 0.541. The van der Waals surface area contributed by atoms with Crippen LogP contribution in [-0.4, -0.2) is 14.1 Å². The molecule has 0 N–H and O–H groups in total. The van der Waals surface area contributed by atoms with Gasteiger partial charge in [-0.25, -0.2) is 9.98 Å².